The molecule has 1 aromatic rings. The molecule has 0 aromatic carbocycles. The Kier molecular flexibility index (Phi) is 4.52. The lowest BCUT2D eigenvalue weighted by Crippen LogP contribution is -2.37. The van der Waals surface area contributed by atoms with Gasteiger partial charge >= 0.3 is 5.97 Å². The van der Waals surface area contributed by atoms with Gasteiger partial charge in [0.15, 0.2) is 5.69 Å². The number of hydrogen-bond acceptors (Lipinski definition) is 4. The lowest BCUT2D eigenvalue weighted by molar-refractivity contribution is -0.124. The predicted octanol–water partition coefficient (Wildman–Crippen LogP) is 1.36. The molecule has 0 aliphatic carbocycles. The highest BCUT2D eigenvalue weighted by Crippen LogP contribution is 2.27. The van der Waals surface area contributed by atoms with Gasteiger partial charge in [-0.1, -0.05) is 26.0 Å². The van der Waals surface area contributed by atoms with E-state index in [0.29, 0.717) is 5.69 Å². The third-order valence-electron chi connectivity index (χ3n) is 2.78. The van der Waals surface area contributed by atoms with Crippen LogP contribution in [0.4, 0.5) is 0 Å². The minimum atomic E-state index is -1.14. The monoisotopic (exact) mass is 282 g/mol. The number of carbonyl (C=O) groups excluding carboxylic acids is 1. The van der Waals surface area contributed by atoms with E-state index < -0.39 is 17.4 Å². The Morgan fingerprint density at radius 3 is 2.20 bits per heavy atom. The zero-order chi connectivity index (χ0) is 15.7. The van der Waals surface area contributed by atoms with E-state index in [1.165, 1.54) is 4.68 Å². The highest BCUT2D eigenvalue weighted by atomic mass is 16.4. The van der Waals surface area contributed by atoms with Crippen molar-refractivity contribution in [1.29, 1.82) is 0 Å². The van der Waals surface area contributed by atoms with Crippen molar-refractivity contribution in [2.75, 3.05) is 0 Å². The van der Waals surface area contributed by atoms with Crippen LogP contribution in [0, 0.1) is 0 Å². The van der Waals surface area contributed by atoms with Gasteiger partial charge in [0.25, 0.3) is 0 Å². The highest BCUT2D eigenvalue weighted by molar-refractivity contribution is 5.87. The summed E-state index contributed by atoms with van der Waals surface area (Å²) in [6, 6.07) is -0.613. The maximum Gasteiger partial charge on any atom is 0.358 e. The molecule has 112 valence electrons. The fraction of sp³-hybridized carbons (Fsp3) is 0.692. The summed E-state index contributed by atoms with van der Waals surface area (Å²) in [4.78, 5) is 23.3. The topological polar surface area (TPSA) is 97.1 Å². The fourth-order valence-electron chi connectivity index (χ4n) is 1.92. The van der Waals surface area contributed by atoms with Crippen molar-refractivity contribution in [3.05, 3.63) is 11.4 Å². The molecule has 7 nitrogen and oxygen atoms in total. The molecule has 0 fully saturated rings. The summed E-state index contributed by atoms with van der Waals surface area (Å²) < 4.78 is 1.39. The van der Waals surface area contributed by atoms with Crippen LogP contribution >= 0.6 is 0 Å². The van der Waals surface area contributed by atoms with Gasteiger partial charge in [0, 0.05) is 11.5 Å². The van der Waals surface area contributed by atoms with Crippen LogP contribution in [0.2, 0.25) is 0 Å². The van der Waals surface area contributed by atoms with E-state index in [2.05, 4.69) is 15.6 Å². The maximum absolute atomic E-state index is 12.1. The summed E-state index contributed by atoms with van der Waals surface area (Å²) in [5.41, 5.74) is -0.151. The first kappa shape index (κ1) is 16.1. The van der Waals surface area contributed by atoms with Crippen LogP contribution in [0.3, 0.4) is 0 Å². The first-order chi connectivity index (χ1) is 9.05. The number of hydrogen-bond donors (Lipinski definition) is 2. The quantitative estimate of drug-likeness (QED) is 0.869. The van der Waals surface area contributed by atoms with Gasteiger partial charge in [-0.25, -0.2) is 9.48 Å². The summed E-state index contributed by atoms with van der Waals surface area (Å²) in [5, 5.41) is 19.5. The molecule has 1 amide bonds. The molecular weight excluding hydrogens is 260 g/mol. The van der Waals surface area contributed by atoms with Gasteiger partial charge in [0.1, 0.15) is 6.04 Å². The third-order valence-corrected chi connectivity index (χ3v) is 2.78. The molecule has 0 saturated heterocycles. The van der Waals surface area contributed by atoms with Crippen molar-refractivity contribution in [2.45, 2.75) is 59.0 Å². The van der Waals surface area contributed by atoms with E-state index >= 15 is 0 Å². The molecule has 1 aromatic heterocycles. The smallest absolute Gasteiger partial charge is 0.358 e. The highest BCUT2D eigenvalue weighted by Gasteiger charge is 2.32. The minimum Gasteiger partial charge on any atom is -0.476 e. The van der Waals surface area contributed by atoms with E-state index in [1.807, 2.05) is 34.6 Å². The Balaban J connectivity index is 3.25. The van der Waals surface area contributed by atoms with E-state index in [0.717, 1.165) is 0 Å². The van der Waals surface area contributed by atoms with E-state index in [4.69, 9.17) is 0 Å². The number of nitrogens with zero attached hydrogens (tertiary/aromatic N) is 3. The lowest BCUT2D eigenvalue weighted by Gasteiger charge is -2.23. The molecule has 0 aliphatic rings. The second-order valence-electron chi connectivity index (χ2n) is 6.13. The number of amides is 1. The number of carbonyl (C=O) groups is 2. The second-order valence-corrected chi connectivity index (χ2v) is 6.13. The summed E-state index contributed by atoms with van der Waals surface area (Å²) in [6.07, 6.45) is 0. The minimum absolute atomic E-state index is 0.00509. The predicted molar refractivity (Wildman–Crippen MR) is 73.7 cm³/mol. The molecule has 2 N–H and O–H groups in total. The van der Waals surface area contributed by atoms with Gasteiger partial charge in [-0.15, -0.1) is 5.10 Å². The first-order valence-corrected chi connectivity index (χ1v) is 6.55. The molecule has 7 heteroatoms. The zero-order valence-corrected chi connectivity index (χ0v) is 12.8. The fourth-order valence-corrected chi connectivity index (χ4v) is 1.92. The summed E-state index contributed by atoms with van der Waals surface area (Å²) in [7, 11) is 0. The van der Waals surface area contributed by atoms with Crippen molar-refractivity contribution in [1.82, 2.24) is 20.3 Å². The van der Waals surface area contributed by atoms with E-state index in [1.54, 1.807) is 6.92 Å². The molecule has 0 spiro atoms. The summed E-state index contributed by atoms with van der Waals surface area (Å²) in [5.74, 6) is -1.36. The van der Waals surface area contributed by atoms with Gasteiger partial charge in [-0.05, 0) is 20.8 Å². The Morgan fingerprint density at radius 1 is 1.25 bits per heavy atom. The summed E-state index contributed by atoms with van der Waals surface area (Å²) in [6.45, 7) is 11.0. The van der Waals surface area contributed by atoms with Crippen molar-refractivity contribution < 1.29 is 14.7 Å². The Hall–Kier alpha value is -1.92. The van der Waals surface area contributed by atoms with Gasteiger partial charge in [0.05, 0.1) is 5.69 Å². The molecule has 20 heavy (non-hydrogen) atoms. The van der Waals surface area contributed by atoms with Crippen molar-refractivity contribution in [3.8, 4) is 0 Å². The molecule has 1 heterocycles. The van der Waals surface area contributed by atoms with Gasteiger partial charge < -0.3 is 10.4 Å². The van der Waals surface area contributed by atoms with E-state index in [-0.39, 0.29) is 17.6 Å². The number of rotatable bonds is 4. The zero-order valence-electron chi connectivity index (χ0n) is 12.8. The van der Waals surface area contributed by atoms with Crippen molar-refractivity contribution in [3.63, 3.8) is 0 Å². The van der Waals surface area contributed by atoms with Gasteiger partial charge in [0.2, 0.25) is 5.91 Å². The van der Waals surface area contributed by atoms with E-state index in [9.17, 15) is 14.7 Å². The average Bonchev–Trinajstić information content (AvgIpc) is 2.70. The maximum atomic E-state index is 12.1. The molecule has 0 saturated carbocycles. The Labute approximate surface area is 118 Å². The van der Waals surface area contributed by atoms with Crippen LogP contribution in [-0.4, -0.2) is 38.0 Å². The second kappa shape index (κ2) is 5.60. The number of carboxylic acid groups (broad SMARTS) is 1. The van der Waals surface area contributed by atoms with Crippen LogP contribution in [0.25, 0.3) is 0 Å². The molecule has 0 bridgehead atoms. The molecule has 0 aliphatic heterocycles. The molecule has 0 radical (unpaired) electrons. The number of nitrogens with one attached hydrogen (secondary N) is 1. The van der Waals surface area contributed by atoms with Crippen LogP contribution < -0.4 is 5.32 Å². The molecule has 1 rings (SSSR count). The number of aromatic nitrogens is 3. The molecule has 1 unspecified atom stereocenters. The lowest BCUT2D eigenvalue weighted by atomic mass is 9.90. The van der Waals surface area contributed by atoms with Gasteiger partial charge in [-0.2, -0.15) is 0 Å². The normalized spacial score (nSPS) is 13.3. The molecular formula is C13H22N4O3. The number of carboxylic acids is 1. The first-order valence-electron chi connectivity index (χ1n) is 6.55. The average molecular weight is 282 g/mol. The molecule has 1 atom stereocenters. The Bertz CT molecular complexity index is 514. The third kappa shape index (κ3) is 3.34. The number of aromatic carboxylic acids is 1. The van der Waals surface area contributed by atoms with Crippen LogP contribution in [0.1, 0.15) is 63.8 Å². The Morgan fingerprint density at radius 2 is 1.80 bits per heavy atom. The summed E-state index contributed by atoms with van der Waals surface area (Å²) >= 11 is 0. The SMILES string of the molecule is CC(C)NC(=O)C(C)n1nnc(C(=O)O)c1C(C)(C)C. The van der Waals surface area contributed by atoms with Crippen molar-refractivity contribution >= 4 is 11.9 Å². The standard InChI is InChI=1S/C13H22N4O3/c1-7(2)14-11(18)8(3)17-10(13(4,5)6)9(12(19)20)15-16-17/h7-8H,1-6H3,(H,14,18)(H,19,20). The van der Waals surface area contributed by atoms with Gasteiger partial charge in [-0.3, -0.25) is 4.79 Å². The largest absolute Gasteiger partial charge is 0.476 e. The van der Waals surface area contributed by atoms with Crippen LogP contribution in [-0.2, 0) is 10.2 Å². The van der Waals surface area contributed by atoms with Crippen LogP contribution in [0.15, 0.2) is 0 Å². The van der Waals surface area contributed by atoms with Crippen molar-refractivity contribution in [2.24, 2.45) is 0 Å². The van der Waals surface area contributed by atoms with Crippen LogP contribution in [0.5, 0.6) is 0 Å².